The first-order chi connectivity index (χ1) is 9.43. The summed E-state index contributed by atoms with van der Waals surface area (Å²) in [5.74, 6) is -0.118. The van der Waals surface area contributed by atoms with Crippen molar-refractivity contribution in [2.45, 2.75) is 13.8 Å². The Labute approximate surface area is 122 Å². The van der Waals surface area contributed by atoms with E-state index in [0.717, 1.165) is 0 Å². The van der Waals surface area contributed by atoms with Gasteiger partial charge in [0.05, 0.1) is 11.5 Å². The molecule has 0 aliphatic heterocycles. The van der Waals surface area contributed by atoms with Crippen LogP contribution in [0, 0.1) is 16.0 Å². The first kappa shape index (κ1) is 16.4. The number of nitro groups is 1. The molecule has 0 aliphatic rings. The molecule has 1 aromatic rings. The second-order valence-electron chi connectivity index (χ2n) is 4.62. The summed E-state index contributed by atoms with van der Waals surface area (Å²) in [7, 11) is 0. The largest absolute Gasteiger partial charge is 0.379 e. The van der Waals surface area contributed by atoms with Gasteiger partial charge in [0, 0.05) is 13.2 Å². The zero-order valence-electron chi connectivity index (χ0n) is 11.4. The Kier molecular flexibility index (Phi) is 6.41. The minimum Gasteiger partial charge on any atom is -0.379 e. The van der Waals surface area contributed by atoms with Gasteiger partial charge in [-0.3, -0.25) is 14.9 Å². The highest BCUT2D eigenvalue weighted by molar-refractivity contribution is 6.33. The average Bonchev–Trinajstić information content (AvgIpc) is 2.36. The van der Waals surface area contributed by atoms with Gasteiger partial charge in [0.2, 0.25) is 0 Å². The molecule has 20 heavy (non-hydrogen) atoms. The molecule has 1 amide bonds. The van der Waals surface area contributed by atoms with Gasteiger partial charge in [-0.05, 0) is 18.1 Å². The highest BCUT2D eigenvalue weighted by atomic mass is 35.5. The van der Waals surface area contributed by atoms with Crippen LogP contribution in [0.5, 0.6) is 0 Å². The Morgan fingerprint density at radius 1 is 1.50 bits per heavy atom. The van der Waals surface area contributed by atoms with Gasteiger partial charge in [-0.2, -0.15) is 0 Å². The Balaban J connectivity index is 2.60. The first-order valence-electron chi connectivity index (χ1n) is 6.22. The van der Waals surface area contributed by atoms with E-state index in [4.69, 9.17) is 16.3 Å². The van der Waals surface area contributed by atoms with E-state index in [1.807, 2.05) is 13.8 Å². The molecule has 6 nitrogen and oxygen atoms in total. The van der Waals surface area contributed by atoms with Gasteiger partial charge in [0.25, 0.3) is 5.91 Å². The molecule has 0 heterocycles. The van der Waals surface area contributed by atoms with Crippen LogP contribution >= 0.6 is 11.6 Å². The molecule has 0 aromatic heterocycles. The zero-order valence-corrected chi connectivity index (χ0v) is 12.1. The predicted molar refractivity (Wildman–Crippen MR) is 76.1 cm³/mol. The number of nitrogens with one attached hydrogen (secondary N) is 1. The number of para-hydroxylation sites is 1. The number of ether oxygens (including phenoxy) is 1. The lowest BCUT2D eigenvalue weighted by atomic mass is 10.1. The Morgan fingerprint density at radius 3 is 2.80 bits per heavy atom. The lowest BCUT2D eigenvalue weighted by Crippen LogP contribution is -2.28. The number of carbonyl (C=O) groups is 1. The summed E-state index contributed by atoms with van der Waals surface area (Å²) < 4.78 is 5.31. The van der Waals surface area contributed by atoms with Gasteiger partial charge in [-0.15, -0.1) is 0 Å². The topological polar surface area (TPSA) is 81.5 Å². The highest BCUT2D eigenvalue weighted by Crippen LogP contribution is 2.27. The molecule has 1 rings (SSSR count). The second kappa shape index (κ2) is 7.81. The van der Waals surface area contributed by atoms with Gasteiger partial charge in [0.1, 0.15) is 10.6 Å². The number of halogens is 1. The number of amides is 1. The Hall–Kier alpha value is -1.66. The summed E-state index contributed by atoms with van der Waals surface area (Å²) >= 11 is 5.74. The van der Waals surface area contributed by atoms with E-state index in [9.17, 15) is 14.9 Å². The summed E-state index contributed by atoms with van der Waals surface area (Å²) in [5.41, 5.74) is -0.430. The van der Waals surface area contributed by atoms with Gasteiger partial charge in [-0.1, -0.05) is 31.5 Å². The van der Waals surface area contributed by atoms with Crippen LogP contribution in [0.25, 0.3) is 0 Å². The lowest BCUT2D eigenvalue weighted by molar-refractivity contribution is -0.385. The maximum absolute atomic E-state index is 11.9. The van der Waals surface area contributed by atoms with Crippen LogP contribution in [0.1, 0.15) is 24.2 Å². The molecule has 0 saturated heterocycles. The quantitative estimate of drug-likeness (QED) is 0.477. The number of carbonyl (C=O) groups excluding carboxylic acids is 1. The summed E-state index contributed by atoms with van der Waals surface area (Å²) in [4.78, 5) is 22.1. The van der Waals surface area contributed by atoms with Crippen molar-refractivity contribution >= 4 is 23.2 Å². The Morgan fingerprint density at radius 2 is 2.20 bits per heavy atom. The third-order valence-electron chi connectivity index (χ3n) is 2.40. The van der Waals surface area contributed by atoms with E-state index < -0.39 is 10.8 Å². The third kappa shape index (κ3) is 4.79. The molecule has 110 valence electrons. The summed E-state index contributed by atoms with van der Waals surface area (Å²) in [5, 5.41) is 13.4. The average molecular weight is 301 g/mol. The van der Waals surface area contributed by atoms with Crippen LogP contribution in [-0.2, 0) is 4.74 Å². The van der Waals surface area contributed by atoms with E-state index in [-0.39, 0.29) is 22.8 Å². The minimum absolute atomic E-state index is 0.0497. The van der Waals surface area contributed by atoms with Crippen molar-refractivity contribution in [1.29, 1.82) is 0 Å². The number of nitro benzene ring substituents is 1. The molecule has 0 spiro atoms. The summed E-state index contributed by atoms with van der Waals surface area (Å²) in [6.45, 7) is 5.29. The van der Waals surface area contributed by atoms with Crippen molar-refractivity contribution < 1.29 is 14.5 Å². The minimum atomic E-state index is -0.660. The maximum Gasteiger partial charge on any atom is 0.300 e. The SMILES string of the molecule is CC(C)COCCNC(=O)c1cccc(Cl)c1[N+](=O)[O-]. The standard InChI is InChI=1S/C13H17ClN2O4/c1-9(2)8-20-7-6-15-13(17)10-4-3-5-11(14)12(10)16(18)19/h3-5,9H,6-8H2,1-2H3,(H,15,17). The van der Waals surface area contributed by atoms with Gasteiger partial charge in [0.15, 0.2) is 0 Å². The lowest BCUT2D eigenvalue weighted by Gasteiger charge is -2.08. The molecular weight excluding hydrogens is 284 g/mol. The number of hydrogen-bond donors (Lipinski definition) is 1. The number of hydrogen-bond acceptors (Lipinski definition) is 4. The van der Waals surface area contributed by atoms with Crippen molar-refractivity contribution in [2.24, 2.45) is 5.92 Å². The van der Waals surface area contributed by atoms with Gasteiger partial charge < -0.3 is 10.1 Å². The van der Waals surface area contributed by atoms with Crippen molar-refractivity contribution in [1.82, 2.24) is 5.32 Å². The van der Waals surface area contributed by atoms with Crippen LogP contribution in [0.4, 0.5) is 5.69 Å². The maximum atomic E-state index is 11.9. The van der Waals surface area contributed by atoms with Crippen LogP contribution in [0.15, 0.2) is 18.2 Å². The third-order valence-corrected chi connectivity index (χ3v) is 2.70. The van der Waals surface area contributed by atoms with E-state index in [1.54, 1.807) is 0 Å². The molecule has 1 aromatic carbocycles. The molecule has 0 bridgehead atoms. The fourth-order valence-corrected chi connectivity index (χ4v) is 1.78. The molecule has 0 radical (unpaired) electrons. The molecule has 0 atom stereocenters. The molecule has 1 N–H and O–H groups in total. The summed E-state index contributed by atoms with van der Waals surface area (Å²) in [6, 6.07) is 4.25. The number of benzene rings is 1. The van der Waals surface area contributed by atoms with E-state index >= 15 is 0 Å². The van der Waals surface area contributed by atoms with E-state index in [0.29, 0.717) is 19.1 Å². The van der Waals surface area contributed by atoms with Crippen LogP contribution < -0.4 is 5.32 Å². The van der Waals surface area contributed by atoms with Gasteiger partial charge in [-0.25, -0.2) is 0 Å². The van der Waals surface area contributed by atoms with E-state index in [2.05, 4.69) is 5.32 Å². The smallest absolute Gasteiger partial charge is 0.300 e. The van der Waals surface area contributed by atoms with Crippen molar-refractivity contribution in [3.63, 3.8) is 0 Å². The second-order valence-corrected chi connectivity index (χ2v) is 5.02. The summed E-state index contributed by atoms with van der Waals surface area (Å²) in [6.07, 6.45) is 0. The number of rotatable bonds is 7. The van der Waals surface area contributed by atoms with Gasteiger partial charge >= 0.3 is 5.69 Å². The molecule has 0 fully saturated rings. The van der Waals surface area contributed by atoms with Crippen LogP contribution in [0.3, 0.4) is 0 Å². The molecular formula is C13H17ClN2O4. The highest BCUT2D eigenvalue weighted by Gasteiger charge is 2.23. The molecule has 0 unspecified atom stereocenters. The van der Waals surface area contributed by atoms with Crippen LogP contribution in [0.2, 0.25) is 5.02 Å². The fourth-order valence-electron chi connectivity index (χ4n) is 1.54. The van der Waals surface area contributed by atoms with E-state index in [1.165, 1.54) is 18.2 Å². The fraction of sp³-hybridized carbons (Fsp3) is 0.462. The monoisotopic (exact) mass is 300 g/mol. The zero-order chi connectivity index (χ0) is 15.1. The van der Waals surface area contributed by atoms with Crippen molar-refractivity contribution in [3.05, 3.63) is 38.9 Å². The van der Waals surface area contributed by atoms with Crippen molar-refractivity contribution in [2.75, 3.05) is 19.8 Å². The number of nitrogens with zero attached hydrogens (tertiary/aromatic N) is 1. The van der Waals surface area contributed by atoms with Crippen molar-refractivity contribution in [3.8, 4) is 0 Å². The molecule has 7 heteroatoms. The molecule has 0 aliphatic carbocycles. The molecule has 0 saturated carbocycles. The first-order valence-corrected chi connectivity index (χ1v) is 6.60. The Bertz CT molecular complexity index is 491. The normalized spacial score (nSPS) is 10.6. The van der Waals surface area contributed by atoms with Crippen LogP contribution in [-0.4, -0.2) is 30.6 Å². The predicted octanol–water partition coefficient (Wildman–Crippen LogP) is 2.65.